The summed E-state index contributed by atoms with van der Waals surface area (Å²) in [6, 6.07) is 38.4. The Labute approximate surface area is 209 Å². The van der Waals surface area contributed by atoms with Gasteiger partial charge in [-0.3, -0.25) is 0 Å². The summed E-state index contributed by atoms with van der Waals surface area (Å²) in [5.41, 5.74) is 10.0. The van der Waals surface area contributed by atoms with Gasteiger partial charge in [0.15, 0.2) is 0 Å². The summed E-state index contributed by atoms with van der Waals surface area (Å²) in [4.78, 5) is 7.10. The summed E-state index contributed by atoms with van der Waals surface area (Å²) < 4.78 is 0. The molecule has 0 radical (unpaired) electrons. The van der Waals surface area contributed by atoms with E-state index in [2.05, 4.69) is 138 Å². The lowest BCUT2D eigenvalue weighted by Gasteiger charge is -2.35. The van der Waals surface area contributed by atoms with Crippen molar-refractivity contribution < 1.29 is 0 Å². The van der Waals surface area contributed by atoms with Crippen LogP contribution in [0.15, 0.2) is 109 Å². The molecule has 3 nitrogen and oxygen atoms in total. The van der Waals surface area contributed by atoms with Gasteiger partial charge in [0.25, 0.3) is 0 Å². The van der Waals surface area contributed by atoms with Gasteiger partial charge in [-0.2, -0.15) is 0 Å². The summed E-state index contributed by atoms with van der Waals surface area (Å²) in [6.45, 7) is 4.57. The van der Waals surface area contributed by atoms with Crippen molar-refractivity contribution in [1.82, 2.24) is 9.97 Å². The Kier molecular flexibility index (Phi) is 4.49. The van der Waals surface area contributed by atoms with Gasteiger partial charge in [-0.1, -0.05) is 98.8 Å². The first kappa shape index (κ1) is 20.8. The van der Waals surface area contributed by atoms with Crippen LogP contribution in [-0.2, 0) is 5.41 Å². The zero-order chi connectivity index (χ0) is 24.3. The Bertz CT molecular complexity index is 1760. The van der Waals surface area contributed by atoms with E-state index in [-0.39, 0.29) is 5.41 Å². The molecule has 2 aromatic heterocycles. The van der Waals surface area contributed by atoms with Crippen LogP contribution in [0.4, 0.5) is 11.4 Å². The summed E-state index contributed by atoms with van der Waals surface area (Å²) in [6.07, 6.45) is 0. The number of H-pyrrole nitrogens is 2. The fourth-order valence-electron chi connectivity index (χ4n) is 5.80. The van der Waals surface area contributed by atoms with Gasteiger partial charge in [-0.25, -0.2) is 0 Å². The van der Waals surface area contributed by atoms with Gasteiger partial charge in [0.2, 0.25) is 0 Å². The third-order valence-electron chi connectivity index (χ3n) is 7.63. The van der Waals surface area contributed by atoms with E-state index in [0.29, 0.717) is 0 Å². The van der Waals surface area contributed by atoms with Crippen LogP contribution in [0.5, 0.6) is 0 Å². The number of para-hydroxylation sites is 4. The van der Waals surface area contributed by atoms with Gasteiger partial charge < -0.3 is 15.3 Å². The molecule has 0 saturated carbocycles. The molecule has 0 spiro atoms. The van der Waals surface area contributed by atoms with E-state index < -0.39 is 0 Å². The number of anilines is 2. The molecule has 1 aliphatic heterocycles. The first-order chi connectivity index (χ1) is 17.6. The minimum Gasteiger partial charge on any atom is -0.355 e. The minimum atomic E-state index is 0.0818. The lowest BCUT2D eigenvalue weighted by atomic mass is 9.74. The van der Waals surface area contributed by atoms with E-state index in [9.17, 15) is 0 Å². The highest BCUT2D eigenvalue weighted by atomic mass is 14.9. The molecule has 3 N–H and O–H groups in total. The third kappa shape index (κ3) is 3.06. The fourth-order valence-corrected chi connectivity index (χ4v) is 5.80. The van der Waals surface area contributed by atoms with Gasteiger partial charge >= 0.3 is 0 Å². The Balaban J connectivity index is 0.000000126. The van der Waals surface area contributed by atoms with Crippen LogP contribution >= 0.6 is 0 Å². The van der Waals surface area contributed by atoms with Crippen LogP contribution < -0.4 is 5.32 Å². The number of fused-ring (bicyclic) bond motifs is 9. The van der Waals surface area contributed by atoms with Crippen molar-refractivity contribution in [1.29, 1.82) is 0 Å². The largest absolute Gasteiger partial charge is 0.355 e. The molecule has 0 aliphatic carbocycles. The van der Waals surface area contributed by atoms with Gasteiger partial charge in [0.05, 0.1) is 11.0 Å². The molecule has 3 heterocycles. The second-order valence-corrected chi connectivity index (χ2v) is 10.1. The highest BCUT2D eigenvalue weighted by molar-refractivity contribution is 6.21. The minimum absolute atomic E-state index is 0.0818. The van der Waals surface area contributed by atoms with Gasteiger partial charge in [0, 0.05) is 49.4 Å². The number of hydrogen-bond acceptors (Lipinski definition) is 1. The van der Waals surface area contributed by atoms with Crippen LogP contribution in [0.2, 0.25) is 0 Å². The van der Waals surface area contributed by atoms with Gasteiger partial charge in [-0.15, -0.1) is 0 Å². The Morgan fingerprint density at radius 2 is 0.861 bits per heavy atom. The van der Waals surface area contributed by atoms with Crippen molar-refractivity contribution in [3.63, 3.8) is 0 Å². The highest BCUT2D eigenvalue weighted by Gasteiger charge is 2.31. The van der Waals surface area contributed by atoms with Crippen molar-refractivity contribution in [2.45, 2.75) is 19.3 Å². The second-order valence-electron chi connectivity index (χ2n) is 10.1. The molecular weight excluding hydrogens is 438 g/mol. The Morgan fingerprint density at radius 1 is 0.444 bits per heavy atom. The zero-order valence-corrected chi connectivity index (χ0v) is 20.4. The maximum atomic E-state index is 3.55. The number of aromatic amines is 2. The molecule has 174 valence electrons. The molecule has 0 saturated heterocycles. The molecule has 5 aromatic carbocycles. The molecule has 0 atom stereocenters. The zero-order valence-electron chi connectivity index (χ0n) is 20.4. The van der Waals surface area contributed by atoms with Gasteiger partial charge in [0.1, 0.15) is 0 Å². The molecule has 0 fully saturated rings. The lowest BCUT2D eigenvalue weighted by molar-refractivity contribution is 0.638. The number of hydrogen-bond donors (Lipinski definition) is 3. The molecule has 3 heteroatoms. The molecular formula is C33H27N3. The topological polar surface area (TPSA) is 43.6 Å². The van der Waals surface area contributed by atoms with E-state index in [0.717, 1.165) is 0 Å². The fraction of sp³-hybridized carbons (Fsp3) is 0.0909. The molecule has 0 amide bonds. The number of aromatic nitrogens is 2. The van der Waals surface area contributed by atoms with Crippen LogP contribution in [-0.4, -0.2) is 9.97 Å². The quantitative estimate of drug-likeness (QED) is 0.205. The average Bonchev–Trinajstić information content (AvgIpc) is 3.48. The molecule has 8 rings (SSSR count). The molecule has 0 unspecified atom stereocenters. The predicted molar refractivity (Wildman–Crippen MR) is 153 cm³/mol. The smallest absolute Gasteiger partial charge is 0.0710 e. The van der Waals surface area contributed by atoms with E-state index in [1.165, 1.54) is 66.1 Å². The van der Waals surface area contributed by atoms with E-state index >= 15 is 0 Å². The molecule has 36 heavy (non-hydrogen) atoms. The first-order valence-corrected chi connectivity index (χ1v) is 12.5. The second kappa shape index (κ2) is 7.76. The van der Waals surface area contributed by atoms with E-state index in [4.69, 9.17) is 0 Å². The third-order valence-corrected chi connectivity index (χ3v) is 7.63. The molecule has 0 bridgehead atoms. The van der Waals surface area contributed by atoms with Crippen molar-refractivity contribution in [3.05, 3.63) is 120 Å². The van der Waals surface area contributed by atoms with E-state index in [1.807, 2.05) is 0 Å². The van der Waals surface area contributed by atoms with Crippen molar-refractivity contribution in [2.75, 3.05) is 5.32 Å². The van der Waals surface area contributed by atoms with Crippen molar-refractivity contribution in [2.24, 2.45) is 0 Å². The normalized spacial score (nSPS) is 13.7. The summed E-state index contributed by atoms with van der Waals surface area (Å²) >= 11 is 0. The maximum Gasteiger partial charge on any atom is 0.0710 e. The van der Waals surface area contributed by atoms with Crippen molar-refractivity contribution >= 4 is 55.0 Å². The summed E-state index contributed by atoms with van der Waals surface area (Å²) in [5.74, 6) is 0. The van der Waals surface area contributed by atoms with Crippen LogP contribution in [0.25, 0.3) is 43.6 Å². The Morgan fingerprint density at radius 3 is 1.36 bits per heavy atom. The van der Waals surface area contributed by atoms with Crippen LogP contribution in [0, 0.1) is 0 Å². The predicted octanol–water partition coefficient (Wildman–Crippen LogP) is 9.03. The summed E-state index contributed by atoms with van der Waals surface area (Å²) in [5, 5.41) is 8.61. The number of nitrogens with one attached hydrogen (secondary N) is 3. The highest BCUT2D eigenvalue weighted by Crippen LogP contribution is 2.44. The van der Waals surface area contributed by atoms with E-state index in [1.54, 1.807) is 0 Å². The van der Waals surface area contributed by atoms with Gasteiger partial charge in [-0.05, 0) is 35.4 Å². The van der Waals surface area contributed by atoms with Crippen LogP contribution in [0.1, 0.15) is 25.0 Å². The average molecular weight is 466 g/mol. The monoisotopic (exact) mass is 465 g/mol. The number of benzene rings is 5. The molecule has 1 aliphatic rings. The van der Waals surface area contributed by atoms with Crippen molar-refractivity contribution in [3.8, 4) is 0 Å². The van der Waals surface area contributed by atoms with Crippen LogP contribution in [0.3, 0.4) is 0 Å². The summed E-state index contributed by atoms with van der Waals surface area (Å²) in [7, 11) is 0. The lowest BCUT2D eigenvalue weighted by Crippen LogP contribution is -2.25. The SMILES string of the molecule is CC1(C)c2ccccc2Nc2ccccc21.c1ccc2c(c1)[nH]c1c2ccc2c3ccccc3[nH]c21. The number of rotatable bonds is 0. The maximum absolute atomic E-state index is 3.55. The first-order valence-electron chi connectivity index (χ1n) is 12.5. The Hall–Kier alpha value is -4.50. The standard InChI is InChI=1S/C18H12N2.C15H15N/c1-3-7-15-11(5-1)13-9-10-14-12-6-2-4-8-16(12)20-18(14)17(13)19-15;1-15(2)11-7-3-5-9-13(11)16-14-10-6-4-8-12(14)15/h1-10,19-20H;3-10,16H,1-2H3. The molecule has 7 aromatic rings.